The predicted molar refractivity (Wildman–Crippen MR) is 53.1 cm³/mol. The number of nitrogens with zero attached hydrogens (tertiary/aromatic N) is 1. The van der Waals surface area contributed by atoms with Crippen molar-refractivity contribution in [2.45, 2.75) is 13.8 Å². The van der Waals surface area contributed by atoms with Crippen LogP contribution in [-0.4, -0.2) is 16.8 Å². The molecule has 0 spiro atoms. The lowest BCUT2D eigenvalue weighted by atomic mass is 10.2. The SMILES string of the molecule is Cc1cncc(C)c1NC(=O)CCl. The number of pyridine rings is 1. The molecule has 1 heterocycles. The smallest absolute Gasteiger partial charge is 0.239 e. The van der Waals surface area contributed by atoms with Crippen molar-refractivity contribution in [2.24, 2.45) is 0 Å². The molecule has 3 nitrogen and oxygen atoms in total. The van der Waals surface area contributed by atoms with Crippen molar-refractivity contribution >= 4 is 23.2 Å². The Labute approximate surface area is 82.1 Å². The van der Waals surface area contributed by atoms with E-state index in [4.69, 9.17) is 11.6 Å². The number of nitrogens with one attached hydrogen (secondary N) is 1. The van der Waals surface area contributed by atoms with Crippen molar-refractivity contribution in [3.63, 3.8) is 0 Å². The molecule has 70 valence electrons. The van der Waals surface area contributed by atoms with Crippen LogP contribution >= 0.6 is 11.6 Å². The summed E-state index contributed by atoms with van der Waals surface area (Å²) in [5.74, 6) is -0.222. The number of amides is 1. The van der Waals surface area contributed by atoms with E-state index in [1.807, 2.05) is 13.8 Å². The number of alkyl halides is 1. The van der Waals surface area contributed by atoms with Crippen molar-refractivity contribution in [2.75, 3.05) is 11.2 Å². The first-order valence-corrected chi connectivity index (χ1v) is 4.45. The van der Waals surface area contributed by atoms with Gasteiger partial charge >= 0.3 is 0 Å². The molecule has 0 aliphatic heterocycles. The summed E-state index contributed by atoms with van der Waals surface area (Å²) in [6, 6.07) is 0. The van der Waals surface area contributed by atoms with Gasteiger partial charge in [-0.05, 0) is 25.0 Å². The molecule has 0 saturated heterocycles. The molecule has 1 amide bonds. The minimum Gasteiger partial charge on any atom is -0.324 e. The third-order valence-corrected chi connectivity index (χ3v) is 1.95. The Kier molecular flexibility index (Phi) is 3.25. The normalized spacial score (nSPS) is 9.77. The Hall–Kier alpha value is -1.09. The molecule has 0 aliphatic carbocycles. The van der Waals surface area contributed by atoms with E-state index >= 15 is 0 Å². The van der Waals surface area contributed by atoms with Gasteiger partial charge in [0.25, 0.3) is 0 Å². The molecular weight excluding hydrogens is 188 g/mol. The van der Waals surface area contributed by atoms with Crippen molar-refractivity contribution in [1.82, 2.24) is 4.98 Å². The van der Waals surface area contributed by atoms with Crippen molar-refractivity contribution < 1.29 is 4.79 Å². The van der Waals surface area contributed by atoms with Gasteiger partial charge in [0.1, 0.15) is 5.88 Å². The Balaban J connectivity index is 2.93. The summed E-state index contributed by atoms with van der Waals surface area (Å²) in [6.45, 7) is 3.79. The molecule has 13 heavy (non-hydrogen) atoms. The highest BCUT2D eigenvalue weighted by Crippen LogP contribution is 2.17. The second-order valence-corrected chi connectivity index (χ2v) is 3.10. The number of rotatable bonds is 2. The molecule has 0 fully saturated rings. The molecular formula is C9H11ClN2O. The maximum atomic E-state index is 11.0. The van der Waals surface area contributed by atoms with Crippen LogP contribution in [0.25, 0.3) is 0 Å². The van der Waals surface area contributed by atoms with Crippen LogP contribution in [-0.2, 0) is 4.79 Å². The molecule has 0 aromatic carbocycles. The largest absolute Gasteiger partial charge is 0.324 e. The molecule has 0 radical (unpaired) electrons. The lowest BCUT2D eigenvalue weighted by molar-refractivity contribution is -0.113. The lowest BCUT2D eigenvalue weighted by Crippen LogP contribution is -2.14. The van der Waals surface area contributed by atoms with Crippen molar-refractivity contribution in [3.8, 4) is 0 Å². The third kappa shape index (κ3) is 2.42. The van der Waals surface area contributed by atoms with Gasteiger partial charge in [0.05, 0.1) is 0 Å². The number of hydrogen-bond acceptors (Lipinski definition) is 2. The monoisotopic (exact) mass is 198 g/mol. The maximum Gasteiger partial charge on any atom is 0.239 e. The zero-order valence-corrected chi connectivity index (χ0v) is 8.35. The third-order valence-electron chi connectivity index (χ3n) is 1.71. The summed E-state index contributed by atoms with van der Waals surface area (Å²) in [7, 11) is 0. The number of halogens is 1. The van der Waals surface area contributed by atoms with Crippen LogP contribution in [0.2, 0.25) is 0 Å². The van der Waals surface area contributed by atoms with Gasteiger partial charge in [-0.25, -0.2) is 0 Å². The second kappa shape index (κ2) is 4.23. The van der Waals surface area contributed by atoms with E-state index in [0.29, 0.717) is 0 Å². The van der Waals surface area contributed by atoms with Crippen LogP contribution in [0.4, 0.5) is 5.69 Å². The van der Waals surface area contributed by atoms with Crippen LogP contribution in [0, 0.1) is 13.8 Å². The van der Waals surface area contributed by atoms with Gasteiger partial charge in [-0.1, -0.05) is 0 Å². The Morgan fingerprint density at radius 3 is 2.46 bits per heavy atom. The fourth-order valence-electron chi connectivity index (χ4n) is 1.07. The number of aryl methyl sites for hydroxylation is 2. The van der Waals surface area contributed by atoms with Gasteiger partial charge in [-0.15, -0.1) is 11.6 Å². The highest BCUT2D eigenvalue weighted by molar-refractivity contribution is 6.29. The fraction of sp³-hybridized carbons (Fsp3) is 0.333. The topological polar surface area (TPSA) is 42.0 Å². The minimum absolute atomic E-state index is 0.0266. The van der Waals surface area contributed by atoms with Gasteiger partial charge in [-0.2, -0.15) is 0 Å². The molecule has 4 heteroatoms. The van der Waals surface area contributed by atoms with E-state index in [1.54, 1.807) is 12.4 Å². The zero-order valence-electron chi connectivity index (χ0n) is 7.60. The minimum atomic E-state index is -0.195. The van der Waals surface area contributed by atoms with E-state index in [1.165, 1.54) is 0 Å². The van der Waals surface area contributed by atoms with Gasteiger partial charge in [-0.3, -0.25) is 9.78 Å². The van der Waals surface area contributed by atoms with E-state index in [9.17, 15) is 4.79 Å². The summed E-state index contributed by atoms with van der Waals surface area (Å²) in [6.07, 6.45) is 3.41. The molecule has 0 unspecified atom stereocenters. The van der Waals surface area contributed by atoms with E-state index in [0.717, 1.165) is 16.8 Å². The Bertz CT molecular complexity index is 305. The van der Waals surface area contributed by atoms with Crippen LogP contribution in [0.15, 0.2) is 12.4 Å². The van der Waals surface area contributed by atoms with Gasteiger partial charge in [0, 0.05) is 18.1 Å². The zero-order chi connectivity index (χ0) is 9.84. The Morgan fingerprint density at radius 1 is 1.46 bits per heavy atom. The fourth-order valence-corrected chi connectivity index (χ4v) is 1.14. The molecule has 0 atom stereocenters. The molecule has 0 aliphatic rings. The number of carbonyl (C=O) groups is 1. The summed E-state index contributed by atoms with van der Waals surface area (Å²) >= 11 is 5.38. The van der Waals surface area contributed by atoms with E-state index < -0.39 is 0 Å². The highest BCUT2D eigenvalue weighted by Gasteiger charge is 2.05. The van der Waals surface area contributed by atoms with Gasteiger partial charge in [0.2, 0.25) is 5.91 Å². The lowest BCUT2D eigenvalue weighted by Gasteiger charge is -2.08. The van der Waals surface area contributed by atoms with Crippen LogP contribution in [0.1, 0.15) is 11.1 Å². The molecule has 0 bridgehead atoms. The summed E-state index contributed by atoms with van der Waals surface area (Å²) in [5.41, 5.74) is 2.69. The van der Waals surface area contributed by atoms with Crippen LogP contribution < -0.4 is 5.32 Å². The standard InChI is InChI=1S/C9H11ClN2O/c1-6-4-11-5-7(2)9(6)12-8(13)3-10/h4-5H,3H2,1-2H3,(H,11,12,13). The number of hydrogen-bond donors (Lipinski definition) is 1. The van der Waals surface area contributed by atoms with Gasteiger partial charge < -0.3 is 5.32 Å². The van der Waals surface area contributed by atoms with Crippen LogP contribution in [0.3, 0.4) is 0 Å². The molecule has 1 aromatic rings. The molecule has 1 N–H and O–H groups in total. The summed E-state index contributed by atoms with van der Waals surface area (Å²) in [4.78, 5) is 15.0. The number of anilines is 1. The van der Waals surface area contributed by atoms with E-state index in [-0.39, 0.29) is 11.8 Å². The van der Waals surface area contributed by atoms with Crippen LogP contribution in [0.5, 0.6) is 0 Å². The predicted octanol–water partition coefficient (Wildman–Crippen LogP) is 1.88. The molecule has 1 rings (SSSR count). The second-order valence-electron chi connectivity index (χ2n) is 2.83. The summed E-state index contributed by atoms with van der Waals surface area (Å²) in [5, 5.41) is 2.72. The average molecular weight is 199 g/mol. The molecule has 0 saturated carbocycles. The average Bonchev–Trinajstić information content (AvgIpc) is 2.11. The quantitative estimate of drug-likeness (QED) is 0.738. The number of carbonyl (C=O) groups excluding carboxylic acids is 1. The van der Waals surface area contributed by atoms with Gasteiger partial charge in [0.15, 0.2) is 0 Å². The first-order chi connectivity index (χ1) is 6.15. The first kappa shape index (κ1) is 9.99. The number of aromatic nitrogens is 1. The first-order valence-electron chi connectivity index (χ1n) is 3.92. The van der Waals surface area contributed by atoms with Crippen molar-refractivity contribution in [3.05, 3.63) is 23.5 Å². The van der Waals surface area contributed by atoms with E-state index in [2.05, 4.69) is 10.3 Å². The molecule has 1 aromatic heterocycles. The van der Waals surface area contributed by atoms with Crippen molar-refractivity contribution in [1.29, 1.82) is 0 Å². The maximum absolute atomic E-state index is 11.0. The highest BCUT2D eigenvalue weighted by atomic mass is 35.5. The summed E-state index contributed by atoms with van der Waals surface area (Å²) < 4.78 is 0. The Morgan fingerprint density at radius 2 is 2.00 bits per heavy atom.